The van der Waals surface area contributed by atoms with E-state index in [1.54, 1.807) is 29.2 Å². The Kier molecular flexibility index (Phi) is 8.32. The van der Waals surface area contributed by atoms with E-state index in [0.29, 0.717) is 37.6 Å². The maximum atomic E-state index is 12.9. The molecule has 0 atom stereocenters. The van der Waals surface area contributed by atoms with Crippen molar-refractivity contribution in [3.63, 3.8) is 0 Å². The van der Waals surface area contributed by atoms with Gasteiger partial charge in [-0.15, -0.1) is 0 Å². The van der Waals surface area contributed by atoms with Gasteiger partial charge in [0.1, 0.15) is 18.2 Å². The third-order valence-corrected chi connectivity index (χ3v) is 4.87. The quantitative estimate of drug-likeness (QED) is 0.649. The molecule has 0 saturated carbocycles. The molecule has 0 unspecified atom stereocenters. The van der Waals surface area contributed by atoms with E-state index in [4.69, 9.17) is 4.74 Å². The second-order valence-corrected chi connectivity index (χ2v) is 7.33. The zero-order valence-electron chi connectivity index (χ0n) is 17.4. The molecule has 0 aliphatic carbocycles. The number of halogens is 3. The van der Waals surface area contributed by atoms with Gasteiger partial charge in [-0.3, -0.25) is 9.69 Å². The fraction of sp³-hybridized carbons (Fsp3) is 0.364. The number of hydrogen-bond acceptors (Lipinski definition) is 4. The molecule has 172 valence electrons. The Hall–Kier alpha value is -3.27. The van der Waals surface area contributed by atoms with Gasteiger partial charge in [-0.05, 0) is 42.0 Å². The Balaban J connectivity index is 1.38. The Morgan fingerprint density at radius 3 is 2.44 bits per heavy atom. The highest BCUT2D eigenvalue weighted by Crippen LogP contribution is 2.14. The van der Waals surface area contributed by atoms with Crippen LogP contribution in [0.25, 0.3) is 0 Å². The first-order valence-corrected chi connectivity index (χ1v) is 10.2. The predicted octanol–water partition coefficient (Wildman–Crippen LogP) is 2.94. The van der Waals surface area contributed by atoms with Crippen LogP contribution in [-0.2, 0) is 11.3 Å². The van der Waals surface area contributed by atoms with Gasteiger partial charge in [0.05, 0.1) is 6.54 Å². The molecule has 2 aromatic rings. The van der Waals surface area contributed by atoms with Gasteiger partial charge in [0.25, 0.3) is 6.43 Å². The van der Waals surface area contributed by atoms with Gasteiger partial charge in [0.2, 0.25) is 5.91 Å². The number of nitrogens with one attached hydrogen (secondary N) is 2. The van der Waals surface area contributed by atoms with Crippen LogP contribution in [-0.4, -0.2) is 67.5 Å². The summed E-state index contributed by atoms with van der Waals surface area (Å²) >= 11 is 0. The van der Waals surface area contributed by atoms with E-state index in [1.165, 1.54) is 24.3 Å². The lowest BCUT2D eigenvalue weighted by atomic mass is 10.2. The molecular formula is C22H25F3N4O3. The summed E-state index contributed by atoms with van der Waals surface area (Å²) in [7, 11) is 0. The van der Waals surface area contributed by atoms with E-state index in [0.717, 1.165) is 5.56 Å². The average Bonchev–Trinajstić information content (AvgIpc) is 2.78. The number of ether oxygens (including phenoxy) is 1. The molecule has 2 aromatic carbocycles. The van der Waals surface area contributed by atoms with Gasteiger partial charge in [0.15, 0.2) is 0 Å². The van der Waals surface area contributed by atoms with Crippen molar-refractivity contribution >= 4 is 17.6 Å². The van der Waals surface area contributed by atoms with Crippen molar-refractivity contribution in [1.29, 1.82) is 0 Å². The number of carbonyl (C=O) groups is 2. The van der Waals surface area contributed by atoms with Gasteiger partial charge >= 0.3 is 6.03 Å². The first-order valence-electron chi connectivity index (χ1n) is 10.2. The minimum Gasteiger partial charge on any atom is -0.488 e. The summed E-state index contributed by atoms with van der Waals surface area (Å²) in [5.41, 5.74) is 1.26. The monoisotopic (exact) mass is 450 g/mol. The van der Waals surface area contributed by atoms with E-state index in [1.807, 2.05) is 4.90 Å². The second-order valence-electron chi connectivity index (χ2n) is 7.33. The molecular weight excluding hydrogens is 425 g/mol. The summed E-state index contributed by atoms with van der Waals surface area (Å²) in [6.07, 6.45) is -2.55. The number of amides is 3. The molecule has 10 heteroatoms. The molecule has 3 rings (SSSR count). The summed E-state index contributed by atoms with van der Waals surface area (Å²) in [6.45, 7) is 1.76. The van der Waals surface area contributed by atoms with E-state index in [9.17, 15) is 22.8 Å². The van der Waals surface area contributed by atoms with Crippen molar-refractivity contribution < 1.29 is 27.5 Å². The zero-order chi connectivity index (χ0) is 22.9. The smallest absolute Gasteiger partial charge is 0.317 e. The first-order chi connectivity index (χ1) is 15.4. The van der Waals surface area contributed by atoms with Crippen molar-refractivity contribution in [3.05, 3.63) is 59.9 Å². The normalized spacial score (nSPS) is 14.3. The SMILES string of the molecule is O=C(CN1CCN(C(=O)NCc2cccc(OCC(F)F)c2)CC1)Nc1ccc(F)cc1. The number of carbonyl (C=O) groups excluding carboxylic acids is 2. The van der Waals surface area contributed by atoms with Gasteiger partial charge < -0.3 is 20.3 Å². The molecule has 3 amide bonds. The second kappa shape index (κ2) is 11.4. The van der Waals surface area contributed by atoms with Crippen molar-refractivity contribution in [1.82, 2.24) is 15.1 Å². The predicted molar refractivity (Wildman–Crippen MR) is 113 cm³/mol. The molecule has 32 heavy (non-hydrogen) atoms. The van der Waals surface area contributed by atoms with Crippen LogP contribution < -0.4 is 15.4 Å². The minimum absolute atomic E-state index is 0.179. The molecule has 1 saturated heterocycles. The number of benzene rings is 2. The van der Waals surface area contributed by atoms with Crippen molar-refractivity contribution in [2.24, 2.45) is 0 Å². The van der Waals surface area contributed by atoms with E-state index in [2.05, 4.69) is 10.6 Å². The van der Waals surface area contributed by atoms with Crippen LogP contribution in [0.1, 0.15) is 5.56 Å². The molecule has 1 heterocycles. The van der Waals surface area contributed by atoms with Gasteiger partial charge in [-0.25, -0.2) is 18.0 Å². The lowest BCUT2D eigenvalue weighted by molar-refractivity contribution is -0.117. The van der Waals surface area contributed by atoms with Crippen LogP contribution in [0.5, 0.6) is 5.75 Å². The summed E-state index contributed by atoms with van der Waals surface area (Å²) in [5.74, 6) is -0.252. The topological polar surface area (TPSA) is 73.9 Å². The third-order valence-electron chi connectivity index (χ3n) is 4.87. The Bertz CT molecular complexity index is 904. The van der Waals surface area contributed by atoms with E-state index < -0.39 is 13.0 Å². The summed E-state index contributed by atoms with van der Waals surface area (Å²) < 4.78 is 42.5. The maximum Gasteiger partial charge on any atom is 0.317 e. The van der Waals surface area contributed by atoms with Crippen LogP contribution in [0.2, 0.25) is 0 Å². The van der Waals surface area contributed by atoms with Gasteiger partial charge in [-0.2, -0.15) is 0 Å². The van der Waals surface area contributed by atoms with E-state index >= 15 is 0 Å². The van der Waals surface area contributed by atoms with Gasteiger partial charge in [-0.1, -0.05) is 12.1 Å². The van der Waals surface area contributed by atoms with Crippen LogP contribution in [0, 0.1) is 5.82 Å². The lowest BCUT2D eigenvalue weighted by Gasteiger charge is -2.34. The van der Waals surface area contributed by atoms with Crippen molar-refractivity contribution in [3.8, 4) is 5.75 Å². The number of anilines is 1. The van der Waals surface area contributed by atoms with Crippen LogP contribution in [0.15, 0.2) is 48.5 Å². The fourth-order valence-corrected chi connectivity index (χ4v) is 3.24. The van der Waals surface area contributed by atoms with Crippen molar-refractivity contribution in [2.45, 2.75) is 13.0 Å². The van der Waals surface area contributed by atoms with E-state index in [-0.39, 0.29) is 30.8 Å². The number of piperazine rings is 1. The fourth-order valence-electron chi connectivity index (χ4n) is 3.24. The molecule has 1 aliphatic rings. The number of nitrogens with zero attached hydrogens (tertiary/aromatic N) is 2. The van der Waals surface area contributed by atoms with Gasteiger partial charge in [0, 0.05) is 38.4 Å². The van der Waals surface area contributed by atoms with Crippen molar-refractivity contribution in [2.75, 3.05) is 44.6 Å². The Labute approximate surface area is 184 Å². The molecule has 0 radical (unpaired) electrons. The molecule has 2 N–H and O–H groups in total. The summed E-state index contributed by atoms with van der Waals surface area (Å²) in [4.78, 5) is 28.2. The highest BCUT2D eigenvalue weighted by Gasteiger charge is 2.22. The molecule has 1 aliphatic heterocycles. The number of hydrogen-bond donors (Lipinski definition) is 2. The molecule has 1 fully saturated rings. The molecule has 0 aromatic heterocycles. The molecule has 0 spiro atoms. The minimum atomic E-state index is -2.55. The van der Waals surface area contributed by atoms with Crippen LogP contribution in [0.3, 0.4) is 0 Å². The lowest BCUT2D eigenvalue weighted by Crippen LogP contribution is -2.52. The number of urea groups is 1. The maximum absolute atomic E-state index is 12.9. The van der Waals surface area contributed by atoms with Crippen LogP contribution in [0.4, 0.5) is 23.7 Å². The molecule has 7 nitrogen and oxygen atoms in total. The summed E-state index contributed by atoms with van der Waals surface area (Å²) in [5, 5.41) is 5.52. The standard InChI is InChI=1S/C22H25F3N4O3/c23-17-4-6-18(7-5-17)27-21(30)14-28-8-10-29(11-9-28)22(31)26-13-16-2-1-3-19(12-16)32-15-20(24)25/h1-7,12,20H,8-11,13-15H2,(H,26,31)(H,27,30). The highest BCUT2D eigenvalue weighted by atomic mass is 19.3. The number of rotatable bonds is 8. The first kappa shape index (κ1) is 23.4. The highest BCUT2D eigenvalue weighted by molar-refractivity contribution is 5.92. The zero-order valence-corrected chi connectivity index (χ0v) is 17.4. The largest absolute Gasteiger partial charge is 0.488 e. The van der Waals surface area contributed by atoms with Crippen LogP contribution >= 0.6 is 0 Å². The third kappa shape index (κ3) is 7.45. The Morgan fingerprint density at radius 2 is 1.75 bits per heavy atom. The summed E-state index contributed by atoms with van der Waals surface area (Å²) in [6, 6.07) is 12.0. The average molecular weight is 450 g/mol. The molecule has 0 bridgehead atoms. The Morgan fingerprint density at radius 1 is 1.03 bits per heavy atom. The number of alkyl halides is 2.